The fraction of sp³-hybridized carbons (Fsp3) is 0.500. The lowest BCUT2D eigenvalue weighted by Crippen LogP contribution is -2.34. The van der Waals surface area contributed by atoms with Gasteiger partial charge < -0.3 is 10.1 Å². The van der Waals surface area contributed by atoms with Gasteiger partial charge in [-0.1, -0.05) is 44.2 Å². The molecule has 0 spiro atoms. The second-order valence-corrected chi connectivity index (χ2v) is 2.99. The summed E-state index contributed by atoms with van der Waals surface area (Å²) in [5.41, 5.74) is 1.32. The molecule has 1 aromatic rings. The second kappa shape index (κ2) is 6.57. The summed E-state index contributed by atoms with van der Waals surface area (Å²) in [6.07, 6.45) is 0. The van der Waals surface area contributed by atoms with Crippen molar-refractivity contribution in [1.29, 1.82) is 0 Å². The number of ether oxygens (including phenoxy) is 1. The molecule has 2 nitrogen and oxygen atoms in total. The summed E-state index contributed by atoms with van der Waals surface area (Å²) < 4.78 is 5.37. The van der Waals surface area contributed by atoms with Gasteiger partial charge in [-0.15, -0.1) is 0 Å². The predicted octanol–water partition coefficient (Wildman–Crippen LogP) is 2.37. The molecule has 0 aromatic heterocycles. The van der Waals surface area contributed by atoms with Crippen LogP contribution in [0.4, 0.5) is 0 Å². The molecule has 78 valence electrons. The highest BCUT2D eigenvalue weighted by Crippen LogP contribution is 2.14. The minimum Gasteiger partial charge on any atom is -0.378 e. The quantitative estimate of drug-likeness (QED) is 0.739. The minimum absolute atomic E-state index is 0.389. The van der Waals surface area contributed by atoms with Crippen molar-refractivity contribution < 1.29 is 4.74 Å². The maximum absolute atomic E-state index is 5.37. The molecule has 0 radical (unpaired) electrons. The molecular weight excluding hydrogens is 174 g/mol. The summed E-state index contributed by atoms with van der Waals surface area (Å²) >= 11 is 0. The van der Waals surface area contributed by atoms with Crippen LogP contribution in [0.1, 0.15) is 25.5 Å². The van der Waals surface area contributed by atoms with Gasteiger partial charge in [0, 0.05) is 6.54 Å². The Morgan fingerprint density at radius 1 is 1.21 bits per heavy atom. The number of morpholine rings is 1. The van der Waals surface area contributed by atoms with Crippen LogP contribution >= 0.6 is 0 Å². The van der Waals surface area contributed by atoms with Gasteiger partial charge >= 0.3 is 0 Å². The summed E-state index contributed by atoms with van der Waals surface area (Å²) in [5, 5.41) is 3.41. The van der Waals surface area contributed by atoms with Crippen LogP contribution in [0.5, 0.6) is 0 Å². The number of rotatable bonds is 1. The van der Waals surface area contributed by atoms with Crippen LogP contribution in [0.2, 0.25) is 0 Å². The van der Waals surface area contributed by atoms with Gasteiger partial charge in [-0.05, 0) is 5.56 Å². The number of hydrogen-bond acceptors (Lipinski definition) is 2. The van der Waals surface area contributed by atoms with Crippen molar-refractivity contribution in [2.45, 2.75) is 19.9 Å². The molecule has 1 heterocycles. The first kappa shape index (κ1) is 11.2. The highest BCUT2D eigenvalue weighted by atomic mass is 16.5. The van der Waals surface area contributed by atoms with Crippen LogP contribution in [0, 0.1) is 0 Å². The van der Waals surface area contributed by atoms with Gasteiger partial charge in [-0.3, -0.25) is 0 Å². The van der Waals surface area contributed by atoms with Gasteiger partial charge in [0.1, 0.15) is 0 Å². The molecule has 1 aromatic carbocycles. The average Bonchev–Trinajstić information content (AvgIpc) is 2.34. The Morgan fingerprint density at radius 3 is 2.50 bits per heavy atom. The maximum Gasteiger partial charge on any atom is 0.0662 e. The van der Waals surface area contributed by atoms with E-state index in [0.29, 0.717) is 6.04 Å². The zero-order valence-electron chi connectivity index (χ0n) is 8.99. The Balaban J connectivity index is 0.000000461. The maximum atomic E-state index is 5.37. The van der Waals surface area contributed by atoms with Gasteiger partial charge in [0.15, 0.2) is 0 Å². The largest absolute Gasteiger partial charge is 0.378 e. The third kappa shape index (κ3) is 3.13. The van der Waals surface area contributed by atoms with Crippen LogP contribution in [0.3, 0.4) is 0 Å². The van der Waals surface area contributed by atoms with Crippen molar-refractivity contribution in [3.05, 3.63) is 35.9 Å². The summed E-state index contributed by atoms with van der Waals surface area (Å²) in [5.74, 6) is 0. The Morgan fingerprint density at radius 2 is 1.93 bits per heavy atom. The van der Waals surface area contributed by atoms with Crippen molar-refractivity contribution in [3.8, 4) is 0 Å². The summed E-state index contributed by atoms with van der Waals surface area (Å²) in [6, 6.07) is 10.8. The lowest BCUT2D eigenvalue weighted by Gasteiger charge is -2.23. The van der Waals surface area contributed by atoms with Gasteiger partial charge in [-0.25, -0.2) is 0 Å². The smallest absolute Gasteiger partial charge is 0.0662 e. The first-order valence-electron chi connectivity index (χ1n) is 5.33. The summed E-state index contributed by atoms with van der Waals surface area (Å²) in [4.78, 5) is 0. The Kier molecular flexibility index (Phi) is 5.27. The molecule has 1 fully saturated rings. The molecule has 0 amide bonds. The second-order valence-electron chi connectivity index (χ2n) is 2.99. The van der Waals surface area contributed by atoms with E-state index in [-0.39, 0.29) is 0 Å². The Bertz CT molecular complexity index is 229. The molecule has 0 saturated carbocycles. The summed E-state index contributed by atoms with van der Waals surface area (Å²) in [7, 11) is 0. The molecule has 14 heavy (non-hydrogen) atoms. The number of benzene rings is 1. The van der Waals surface area contributed by atoms with Gasteiger partial charge in [-0.2, -0.15) is 0 Å². The average molecular weight is 193 g/mol. The molecule has 1 aliphatic heterocycles. The van der Waals surface area contributed by atoms with Crippen molar-refractivity contribution in [2.24, 2.45) is 0 Å². The van der Waals surface area contributed by atoms with Crippen molar-refractivity contribution >= 4 is 0 Å². The van der Waals surface area contributed by atoms with Crippen LogP contribution in [-0.2, 0) is 4.74 Å². The fourth-order valence-corrected chi connectivity index (χ4v) is 1.46. The Labute approximate surface area is 86.3 Å². The SMILES string of the molecule is CC.c1ccc(C2COCCN2)cc1. The lowest BCUT2D eigenvalue weighted by molar-refractivity contribution is 0.0769. The minimum atomic E-state index is 0.389. The molecule has 0 aliphatic carbocycles. The third-order valence-corrected chi connectivity index (χ3v) is 2.12. The molecule has 0 bridgehead atoms. The first-order chi connectivity index (χ1) is 6.97. The lowest BCUT2D eigenvalue weighted by atomic mass is 10.1. The van der Waals surface area contributed by atoms with Crippen LogP contribution in [0.25, 0.3) is 0 Å². The van der Waals surface area contributed by atoms with E-state index >= 15 is 0 Å². The zero-order chi connectivity index (χ0) is 10.2. The molecule has 2 heteroatoms. The molecule has 1 unspecified atom stereocenters. The highest BCUT2D eigenvalue weighted by molar-refractivity contribution is 5.19. The van der Waals surface area contributed by atoms with Crippen LogP contribution in [0.15, 0.2) is 30.3 Å². The van der Waals surface area contributed by atoms with E-state index in [1.165, 1.54) is 5.56 Å². The van der Waals surface area contributed by atoms with E-state index in [9.17, 15) is 0 Å². The predicted molar refractivity (Wildman–Crippen MR) is 59.4 cm³/mol. The standard InChI is InChI=1S/C10H13NO.C2H6/c1-2-4-9(5-3-1)10-8-12-7-6-11-10;1-2/h1-5,10-11H,6-8H2;1-2H3. The molecule has 1 aliphatic rings. The fourth-order valence-electron chi connectivity index (χ4n) is 1.46. The molecule has 1 saturated heterocycles. The van der Waals surface area contributed by atoms with E-state index in [1.54, 1.807) is 0 Å². The molecule has 1 N–H and O–H groups in total. The zero-order valence-corrected chi connectivity index (χ0v) is 8.99. The van der Waals surface area contributed by atoms with E-state index < -0.39 is 0 Å². The topological polar surface area (TPSA) is 21.3 Å². The third-order valence-electron chi connectivity index (χ3n) is 2.12. The van der Waals surface area contributed by atoms with Crippen molar-refractivity contribution in [1.82, 2.24) is 5.32 Å². The van der Waals surface area contributed by atoms with Gasteiger partial charge in [0.2, 0.25) is 0 Å². The highest BCUT2D eigenvalue weighted by Gasteiger charge is 2.13. The van der Waals surface area contributed by atoms with Gasteiger partial charge in [0.05, 0.1) is 19.3 Å². The van der Waals surface area contributed by atoms with Crippen molar-refractivity contribution in [3.63, 3.8) is 0 Å². The number of nitrogens with one attached hydrogen (secondary N) is 1. The molecule has 1 atom stereocenters. The monoisotopic (exact) mass is 193 g/mol. The van der Waals surface area contributed by atoms with E-state index in [1.807, 2.05) is 19.9 Å². The van der Waals surface area contributed by atoms with E-state index in [0.717, 1.165) is 19.8 Å². The van der Waals surface area contributed by atoms with Crippen molar-refractivity contribution in [2.75, 3.05) is 19.8 Å². The molecule has 2 rings (SSSR count). The van der Waals surface area contributed by atoms with Crippen LogP contribution < -0.4 is 5.32 Å². The molecular formula is C12H19NO. The van der Waals surface area contributed by atoms with E-state index in [2.05, 4.69) is 29.6 Å². The Hall–Kier alpha value is -0.860. The first-order valence-corrected chi connectivity index (χ1v) is 5.33. The van der Waals surface area contributed by atoms with Gasteiger partial charge in [0.25, 0.3) is 0 Å². The number of hydrogen-bond donors (Lipinski definition) is 1. The summed E-state index contributed by atoms with van der Waals surface area (Å²) in [6.45, 7) is 6.59. The van der Waals surface area contributed by atoms with E-state index in [4.69, 9.17) is 4.74 Å². The normalized spacial score (nSPS) is 20.9. The van der Waals surface area contributed by atoms with Crippen LogP contribution in [-0.4, -0.2) is 19.8 Å².